The lowest BCUT2D eigenvalue weighted by Crippen LogP contribution is -2.53. The fourth-order valence-corrected chi connectivity index (χ4v) is 7.33. The van der Waals surface area contributed by atoms with Crippen molar-refractivity contribution in [2.45, 2.75) is 111 Å². The first kappa shape index (κ1) is 40.8. The number of allylic oxidation sites excluding steroid dienone is 9. The monoisotopic (exact) mass is 725 g/mol. The molecule has 1 aromatic carbocycles. The lowest BCUT2D eigenvalue weighted by atomic mass is 9.74. The molecule has 0 aromatic heterocycles. The third kappa shape index (κ3) is 11.5. The topological polar surface area (TPSA) is 63.2 Å². The Morgan fingerprint density at radius 3 is 2.58 bits per heavy atom. The molecule has 1 saturated carbocycles. The van der Waals surface area contributed by atoms with E-state index in [1.165, 1.54) is 16.7 Å². The molecule has 0 aliphatic heterocycles. The average molecular weight is 726 g/mol. The van der Waals surface area contributed by atoms with Crippen molar-refractivity contribution in [3.63, 3.8) is 0 Å². The van der Waals surface area contributed by atoms with Gasteiger partial charge in [-0.3, -0.25) is 4.79 Å². The minimum atomic E-state index is -0.533. The number of benzene rings is 1. The maximum atomic E-state index is 14.8. The number of amidine groups is 1. The predicted molar refractivity (Wildman–Crippen MR) is 218 cm³/mol. The van der Waals surface area contributed by atoms with E-state index in [9.17, 15) is 4.79 Å². The van der Waals surface area contributed by atoms with E-state index in [0.717, 1.165) is 105 Å². The van der Waals surface area contributed by atoms with Crippen molar-refractivity contribution in [2.24, 2.45) is 10.4 Å². The quantitative estimate of drug-likeness (QED) is 0.0797. The molecule has 52 heavy (non-hydrogen) atoms. The van der Waals surface area contributed by atoms with Gasteiger partial charge in [-0.2, -0.15) is 0 Å². The second kappa shape index (κ2) is 20.3. The molecular formula is C45H60ClN3O3. The van der Waals surface area contributed by atoms with Gasteiger partial charge in [-0.15, -0.1) is 5.73 Å². The van der Waals surface area contributed by atoms with Crippen LogP contribution in [-0.2, 0) is 16.0 Å². The van der Waals surface area contributed by atoms with E-state index in [1.54, 1.807) is 7.11 Å². The number of halogens is 1. The van der Waals surface area contributed by atoms with Crippen molar-refractivity contribution in [3.8, 4) is 5.75 Å². The Kier molecular flexibility index (Phi) is 15.9. The van der Waals surface area contributed by atoms with Gasteiger partial charge in [-0.25, -0.2) is 4.99 Å². The van der Waals surface area contributed by atoms with Crippen LogP contribution in [0.1, 0.15) is 104 Å². The van der Waals surface area contributed by atoms with Crippen molar-refractivity contribution in [3.05, 3.63) is 117 Å². The highest BCUT2D eigenvalue weighted by molar-refractivity contribution is 6.31. The Balaban J connectivity index is 1.72. The van der Waals surface area contributed by atoms with Crippen LogP contribution in [0, 0.1) is 5.41 Å². The zero-order valence-electron chi connectivity index (χ0n) is 32.5. The van der Waals surface area contributed by atoms with Gasteiger partial charge in [0, 0.05) is 32.1 Å². The molecule has 0 saturated heterocycles. The van der Waals surface area contributed by atoms with E-state index in [0.29, 0.717) is 24.5 Å². The predicted octanol–water partition coefficient (Wildman–Crippen LogP) is 10.8. The maximum absolute atomic E-state index is 14.8. The molecule has 4 rings (SSSR count). The van der Waals surface area contributed by atoms with Crippen LogP contribution in [0.25, 0.3) is 0 Å². The van der Waals surface area contributed by atoms with Gasteiger partial charge >= 0.3 is 0 Å². The van der Waals surface area contributed by atoms with E-state index in [-0.39, 0.29) is 11.9 Å². The zero-order valence-corrected chi connectivity index (χ0v) is 33.2. The summed E-state index contributed by atoms with van der Waals surface area (Å²) in [6.07, 6.45) is 22.7. The van der Waals surface area contributed by atoms with E-state index in [4.69, 9.17) is 26.1 Å². The second-order valence-corrected chi connectivity index (χ2v) is 14.9. The fraction of sp³-hybridized carbons (Fsp3) is 0.489. The number of hydrogen-bond donors (Lipinski definition) is 1. The van der Waals surface area contributed by atoms with Gasteiger partial charge in [0.15, 0.2) is 0 Å². The van der Waals surface area contributed by atoms with Gasteiger partial charge < -0.3 is 19.7 Å². The summed E-state index contributed by atoms with van der Waals surface area (Å²) in [5.41, 5.74) is 9.29. The summed E-state index contributed by atoms with van der Waals surface area (Å²) in [6, 6.07) is 7.89. The summed E-state index contributed by atoms with van der Waals surface area (Å²) >= 11 is 6.30. The number of carbonyl (C=O) groups excluding carboxylic acids is 1. The van der Waals surface area contributed by atoms with Crippen LogP contribution in [0.3, 0.4) is 0 Å². The van der Waals surface area contributed by atoms with Gasteiger partial charge in [0.1, 0.15) is 18.2 Å². The highest BCUT2D eigenvalue weighted by Gasteiger charge is 2.45. The summed E-state index contributed by atoms with van der Waals surface area (Å²) in [5.74, 6) is 2.71. The molecule has 1 unspecified atom stereocenters. The number of likely N-dealkylation sites (N-methyl/N-ethyl adjacent to an activating group) is 1. The standard InChI is InChI=1S/C45H60ClN3O3/c1-8-10-29-49(6)43(47-35(5)30-37-15-11-12-16-39(46)22-17-34(37)4)42(31-36-18-23-41(24-19-36)52-32-33(3)9-2)48-44(50)45(27-13-14-28-45)38-20-25-40(51-7)26-21-38/h9,12,16-20,23-25,42H,5,8,10-11,13-15,21,26-32H2,1-4,6-7H3,(H,48,50)/b16-12?,33-9+,37-34+,47-43?. The van der Waals surface area contributed by atoms with Crippen LogP contribution < -0.4 is 10.1 Å². The Hall–Kier alpha value is -3.99. The molecule has 7 heteroatoms. The van der Waals surface area contributed by atoms with E-state index in [2.05, 4.69) is 80.7 Å². The molecule has 280 valence electrons. The lowest BCUT2D eigenvalue weighted by molar-refractivity contribution is -0.129. The number of unbranched alkanes of at least 4 members (excludes halogenated alkanes) is 1. The molecular weight excluding hydrogens is 666 g/mol. The van der Waals surface area contributed by atoms with Crippen LogP contribution >= 0.6 is 11.6 Å². The molecule has 0 radical (unpaired) electrons. The van der Waals surface area contributed by atoms with Crippen molar-refractivity contribution < 1.29 is 14.3 Å². The number of aliphatic imine (C=N–C) groups is 1. The number of methoxy groups -OCH3 is 1. The number of ether oxygens (including phenoxy) is 2. The number of nitrogens with one attached hydrogen (secondary N) is 1. The fourth-order valence-electron chi connectivity index (χ4n) is 7.18. The van der Waals surface area contributed by atoms with Crippen LogP contribution in [0.15, 0.2) is 117 Å². The number of amides is 1. The molecule has 3 aliphatic rings. The Bertz CT molecular complexity index is 1660. The Morgan fingerprint density at radius 1 is 1.17 bits per heavy atom. The molecule has 1 atom stereocenters. The number of nitrogens with zero attached hydrogens (tertiary/aromatic N) is 2. The van der Waals surface area contributed by atoms with Crippen LogP contribution in [0.2, 0.25) is 0 Å². The molecule has 3 aliphatic carbocycles. The van der Waals surface area contributed by atoms with Crippen molar-refractivity contribution in [1.29, 1.82) is 0 Å². The zero-order chi connectivity index (χ0) is 37.5. The molecule has 0 heterocycles. The van der Waals surface area contributed by atoms with Crippen LogP contribution in [0.4, 0.5) is 0 Å². The highest BCUT2D eigenvalue weighted by atomic mass is 35.5. The van der Waals surface area contributed by atoms with Gasteiger partial charge in [0.25, 0.3) is 0 Å². The molecule has 1 N–H and O–H groups in total. The molecule has 6 nitrogen and oxygen atoms in total. The smallest absolute Gasteiger partial charge is 0.230 e. The minimum absolute atomic E-state index is 0.0925. The molecule has 1 fully saturated rings. The third-order valence-electron chi connectivity index (χ3n) is 10.6. The molecule has 0 bridgehead atoms. The summed E-state index contributed by atoms with van der Waals surface area (Å²) in [4.78, 5) is 22.3. The third-order valence-corrected chi connectivity index (χ3v) is 10.8. The van der Waals surface area contributed by atoms with Crippen LogP contribution in [0.5, 0.6) is 5.75 Å². The van der Waals surface area contributed by atoms with E-state index < -0.39 is 5.41 Å². The largest absolute Gasteiger partial charge is 0.501 e. The summed E-state index contributed by atoms with van der Waals surface area (Å²) in [7, 11) is 3.81. The first-order valence-corrected chi connectivity index (χ1v) is 19.5. The van der Waals surface area contributed by atoms with E-state index in [1.807, 2.05) is 37.3 Å². The van der Waals surface area contributed by atoms with Crippen molar-refractivity contribution in [2.75, 3.05) is 27.3 Å². The van der Waals surface area contributed by atoms with Crippen molar-refractivity contribution >= 4 is 23.3 Å². The Morgan fingerprint density at radius 2 is 1.92 bits per heavy atom. The summed E-state index contributed by atoms with van der Waals surface area (Å²) < 4.78 is 11.6. The average Bonchev–Trinajstić information content (AvgIpc) is 3.68. The van der Waals surface area contributed by atoms with Gasteiger partial charge in [-0.05, 0) is 113 Å². The van der Waals surface area contributed by atoms with Gasteiger partial charge in [0.2, 0.25) is 5.91 Å². The highest BCUT2D eigenvalue weighted by Crippen LogP contribution is 2.47. The second-order valence-electron chi connectivity index (χ2n) is 14.5. The molecule has 1 aromatic rings. The lowest BCUT2D eigenvalue weighted by Gasteiger charge is -2.36. The molecule has 0 spiro atoms. The maximum Gasteiger partial charge on any atom is 0.230 e. The number of carbonyl (C=O) groups is 1. The first-order chi connectivity index (χ1) is 25.1. The number of hydrogen-bond acceptors (Lipinski definition) is 4. The van der Waals surface area contributed by atoms with E-state index >= 15 is 0 Å². The molecule has 1 amide bonds. The first-order valence-electron chi connectivity index (χ1n) is 19.1. The Labute approximate surface area is 318 Å². The van der Waals surface area contributed by atoms with Gasteiger partial charge in [0.05, 0.1) is 29.4 Å². The van der Waals surface area contributed by atoms with Crippen molar-refractivity contribution in [1.82, 2.24) is 10.2 Å². The van der Waals surface area contributed by atoms with Gasteiger partial charge in [-0.1, -0.05) is 85.9 Å². The summed E-state index contributed by atoms with van der Waals surface area (Å²) in [6.45, 7) is 14.3. The van der Waals surface area contributed by atoms with Crippen LogP contribution in [-0.4, -0.2) is 50.0 Å². The normalized spacial score (nSPS) is 19.8. The summed E-state index contributed by atoms with van der Waals surface area (Å²) in [5, 5.41) is 4.20. The SMILES string of the molecule is C=C(C/C1=C(\C)C=C=C(Cl)C=CCC1)N=C(C(Cc1ccc(OC/C(C)=C/C)cc1)NC(=O)C1(C2=CC=C(OC)CC2)CCCC1)N(C)CCCC. The minimum Gasteiger partial charge on any atom is -0.501 e. The number of rotatable bonds is 16.